The van der Waals surface area contributed by atoms with Crippen LogP contribution in [0.2, 0.25) is 5.02 Å². The van der Waals surface area contributed by atoms with E-state index >= 15 is 0 Å². The number of halogens is 1. The molecule has 0 aliphatic heterocycles. The first-order chi connectivity index (χ1) is 9.22. The average molecular weight is 301 g/mol. The Hall–Kier alpha value is -0.710. The van der Waals surface area contributed by atoms with Gasteiger partial charge in [-0.2, -0.15) is 0 Å². The molecule has 1 aromatic rings. The van der Waals surface area contributed by atoms with Gasteiger partial charge in [-0.05, 0) is 56.5 Å². The number of benzene rings is 1. The second kappa shape index (κ2) is 10.1. The molecule has 2 N–H and O–H groups in total. The molecule has 1 aromatic carbocycles. The monoisotopic (exact) mass is 300 g/mol. The summed E-state index contributed by atoms with van der Waals surface area (Å²) < 4.78 is 0. The summed E-state index contributed by atoms with van der Waals surface area (Å²) in [6, 6.07) is 7.78. The van der Waals surface area contributed by atoms with Crippen molar-refractivity contribution in [1.82, 2.24) is 10.6 Å². The lowest BCUT2D eigenvalue weighted by Crippen LogP contribution is -2.26. The standard InChI is InChI=1S/C14H21ClN2OS/c1-16-9-3-10-17-14(18)4-2-11-19-13-7-5-12(15)6-8-13/h5-8,16H,2-4,9-11H2,1H3,(H,17,18). The van der Waals surface area contributed by atoms with Crippen LogP contribution in [0.15, 0.2) is 29.2 Å². The predicted molar refractivity (Wildman–Crippen MR) is 83.0 cm³/mol. The molecule has 0 fully saturated rings. The van der Waals surface area contributed by atoms with Crippen molar-refractivity contribution in [3.63, 3.8) is 0 Å². The molecule has 0 saturated carbocycles. The van der Waals surface area contributed by atoms with Gasteiger partial charge in [-0.15, -0.1) is 11.8 Å². The number of amides is 1. The molecule has 5 heteroatoms. The number of carbonyl (C=O) groups excluding carboxylic acids is 1. The normalized spacial score (nSPS) is 10.4. The highest BCUT2D eigenvalue weighted by Crippen LogP contribution is 2.21. The summed E-state index contributed by atoms with van der Waals surface area (Å²) in [5, 5.41) is 6.72. The van der Waals surface area contributed by atoms with E-state index in [0.29, 0.717) is 6.42 Å². The molecule has 19 heavy (non-hydrogen) atoms. The van der Waals surface area contributed by atoms with E-state index in [9.17, 15) is 4.79 Å². The minimum Gasteiger partial charge on any atom is -0.356 e. The van der Waals surface area contributed by atoms with Gasteiger partial charge in [0.1, 0.15) is 0 Å². The van der Waals surface area contributed by atoms with Crippen LogP contribution in [-0.4, -0.2) is 31.8 Å². The summed E-state index contributed by atoms with van der Waals surface area (Å²) in [7, 11) is 1.91. The fourth-order valence-corrected chi connectivity index (χ4v) is 2.51. The van der Waals surface area contributed by atoms with Crippen LogP contribution in [0.1, 0.15) is 19.3 Å². The Labute approximate surface area is 124 Å². The van der Waals surface area contributed by atoms with Crippen molar-refractivity contribution >= 4 is 29.3 Å². The van der Waals surface area contributed by atoms with Crippen LogP contribution in [0, 0.1) is 0 Å². The molecule has 0 bridgehead atoms. The van der Waals surface area contributed by atoms with Crippen LogP contribution < -0.4 is 10.6 Å². The molecule has 0 unspecified atom stereocenters. The molecule has 106 valence electrons. The third-order valence-corrected chi connectivity index (χ3v) is 3.91. The lowest BCUT2D eigenvalue weighted by molar-refractivity contribution is -0.121. The van der Waals surface area contributed by atoms with Gasteiger partial charge in [0.2, 0.25) is 5.91 Å². The van der Waals surface area contributed by atoms with Gasteiger partial charge in [0.05, 0.1) is 0 Å². The third-order valence-electron chi connectivity index (χ3n) is 2.56. The Morgan fingerprint density at radius 3 is 2.63 bits per heavy atom. The summed E-state index contributed by atoms with van der Waals surface area (Å²) in [6.45, 7) is 1.69. The van der Waals surface area contributed by atoms with Crippen molar-refractivity contribution < 1.29 is 4.79 Å². The molecule has 0 spiro atoms. The first-order valence-electron chi connectivity index (χ1n) is 6.52. The Morgan fingerprint density at radius 2 is 1.95 bits per heavy atom. The van der Waals surface area contributed by atoms with Crippen LogP contribution in [0.5, 0.6) is 0 Å². The average Bonchev–Trinajstić information content (AvgIpc) is 2.42. The Bertz CT molecular complexity index is 370. The second-order valence-corrected chi connectivity index (χ2v) is 5.82. The highest BCUT2D eigenvalue weighted by Gasteiger charge is 2.01. The largest absolute Gasteiger partial charge is 0.356 e. The highest BCUT2D eigenvalue weighted by atomic mass is 35.5. The predicted octanol–water partition coefficient (Wildman–Crippen LogP) is 2.94. The molecule has 0 aromatic heterocycles. The lowest BCUT2D eigenvalue weighted by atomic mass is 10.3. The van der Waals surface area contributed by atoms with Crippen LogP contribution >= 0.6 is 23.4 Å². The number of rotatable bonds is 9. The number of hydrogen-bond acceptors (Lipinski definition) is 3. The van der Waals surface area contributed by atoms with Gasteiger partial charge in [-0.25, -0.2) is 0 Å². The minimum atomic E-state index is 0.146. The third kappa shape index (κ3) is 8.14. The van der Waals surface area contributed by atoms with Gasteiger partial charge >= 0.3 is 0 Å². The van der Waals surface area contributed by atoms with Crippen molar-refractivity contribution in [2.45, 2.75) is 24.2 Å². The van der Waals surface area contributed by atoms with Crippen molar-refractivity contribution in [3.05, 3.63) is 29.3 Å². The molecular weight excluding hydrogens is 280 g/mol. The Balaban J connectivity index is 2.03. The number of carbonyl (C=O) groups is 1. The Morgan fingerprint density at radius 1 is 1.21 bits per heavy atom. The van der Waals surface area contributed by atoms with Crippen LogP contribution in [0.4, 0.5) is 0 Å². The zero-order valence-electron chi connectivity index (χ0n) is 11.2. The van der Waals surface area contributed by atoms with E-state index in [1.54, 1.807) is 11.8 Å². The van der Waals surface area contributed by atoms with E-state index in [0.717, 1.165) is 36.7 Å². The summed E-state index contributed by atoms with van der Waals surface area (Å²) in [6.07, 6.45) is 2.47. The quantitative estimate of drug-likeness (QED) is 0.544. The maximum Gasteiger partial charge on any atom is 0.220 e. The molecule has 0 saturated heterocycles. The van der Waals surface area contributed by atoms with Crippen molar-refractivity contribution in [1.29, 1.82) is 0 Å². The zero-order chi connectivity index (χ0) is 13.9. The SMILES string of the molecule is CNCCCNC(=O)CCCSc1ccc(Cl)cc1. The summed E-state index contributed by atoms with van der Waals surface area (Å²) in [4.78, 5) is 12.7. The number of thioether (sulfide) groups is 1. The van der Waals surface area contributed by atoms with Crippen LogP contribution in [0.25, 0.3) is 0 Å². The molecular formula is C14H21ClN2OS. The topological polar surface area (TPSA) is 41.1 Å². The summed E-state index contributed by atoms with van der Waals surface area (Å²) in [5.74, 6) is 1.10. The summed E-state index contributed by atoms with van der Waals surface area (Å²) in [5.41, 5.74) is 0. The highest BCUT2D eigenvalue weighted by molar-refractivity contribution is 7.99. The second-order valence-electron chi connectivity index (χ2n) is 4.21. The van der Waals surface area contributed by atoms with Crippen molar-refractivity contribution in [2.75, 3.05) is 25.9 Å². The fraction of sp³-hybridized carbons (Fsp3) is 0.500. The number of hydrogen-bond donors (Lipinski definition) is 2. The van der Waals surface area contributed by atoms with Crippen LogP contribution in [0.3, 0.4) is 0 Å². The van der Waals surface area contributed by atoms with Gasteiger partial charge in [-0.1, -0.05) is 11.6 Å². The van der Waals surface area contributed by atoms with Gasteiger partial charge in [0.25, 0.3) is 0 Å². The van der Waals surface area contributed by atoms with E-state index in [2.05, 4.69) is 10.6 Å². The van der Waals surface area contributed by atoms with Crippen molar-refractivity contribution in [3.8, 4) is 0 Å². The Kier molecular flexibility index (Phi) is 8.71. The lowest BCUT2D eigenvalue weighted by Gasteiger charge is -2.05. The molecule has 0 atom stereocenters. The molecule has 0 aliphatic rings. The fourth-order valence-electron chi connectivity index (χ4n) is 1.53. The molecule has 0 radical (unpaired) electrons. The van der Waals surface area contributed by atoms with Gasteiger partial charge < -0.3 is 10.6 Å². The first-order valence-corrected chi connectivity index (χ1v) is 7.88. The molecule has 1 rings (SSSR count). The number of nitrogens with one attached hydrogen (secondary N) is 2. The van der Waals surface area contributed by atoms with Gasteiger partial charge in [-0.3, -0.25) is 4.79 Å². The van der Waals surface area contributed by atoms with E-state index in [4.69, 9.17) is 11.6 Å². The van der Waals surface area contributed by atoms with Gasteiger partial charge in [0.15, 0.2) is 0 Å². The summed E-state index contributed by atoms with van der Waals surface area (Å²) >= 11 is 7.57. The van der Waals surface area contributed by atoms with Crippen LogP contribution in [-0.2, 0) is 4.79 Å². The van der Waals surface area contributed by atoms with E-state index in [-0.39, 0.29) is 5.91 Å². The maximum atomic E-state index is 11.5. The first kappa shape index (κ1) is 16.3. The molecule has 0 heterocycles. The van der Waals surface area contributed by atoms with E-state index in [1.165, 1.54) is 4.90 Å². The van der Waals surface area contributed by atoms with Crippen molar-refractivity contribution in [2.24, 2.45) is 0 Å². The van der Waals surface area contributed by atoms with Gasteiger partial charge in [0, 0.05) is 22.9 Å². The smallest absolute Gasteiger partial charge is 0.220 e. The van der Waals surface area contributed by atoms with E-state index < -0.39 is 0 Å². The zero-order valence-corrected chi connectivity index (χ0v) is 12.8. The maximum absolute atomic E-state index is 11.5. The molecule has 1 amide bonds. The minimum absolute atomic E-state index is 0.146. The molecule has 3 nitrogen and oxygen atoms in total. The van der Waals surface area contributed by atoms with E-state index in [1.807, 2.05) is 31.3 Å². The molecule has 0 aliphatic carbocycles.